The Hall–Kier alpha value is -1.44. The number of nitrogens with one attached hydrogen (secondary N) is 1. The maximum absolute atomic E-state index is 12.1. The Labute approximate surface area is 144 Å². The van der Waals surface area contributed by atoms with Crippen LogP contribution in [-0.2, 0) is 9.53 Å². The van der Waals surface area contributed by atoms with E-state index in [9.17, 15) is 4.79 Å². The lowest BCUT2D eigenvalue weighted by molar-refractivity contribution is -0.120. The minimum Gasteiger partial charge on any atom is -0.376 e. The zero-order chi connectivity index (χ0) is 16.1. The fourth-order valence-corrected chi connectivity index (χ4v) is 4.12. The van der Waals surface area contributed by atoms with Crippen molar-refractivity contribution in [2.75, 3.05) is 13.2 Å². The lowest BCUT2D eigenvalue weighted by Crippen LogP contribution is -2.36. The summed E-state index contributed by atoms with van der Waals surface area (Å²) in [5.74, 6) is 0.729. The van der Waals surface area contributed by atoms with Gasteiger partial charge < -0.3 is 10.1 Å². The number of nitrogens with zero attached hydrogens (tertiary/aromatic N) is 2. The number of aromatic nitrogens is 2. The maximum Gasteiger partial charge on any atom is 0.233 e. The van der Waals surface area contributed by atoms with E-state index in [1.165, 1.54) is 23.3 Å². The van der Waals surface area contributed by atoms with Crippen molar-refractivity contribution in [2.24, 2.45) is 0 Å². The van der Waals surface area contributed by atoms with Crippen molar-refractivity contribution < 1.29 is 9.53 Å². The van der Waals surface area contributed by atoms with Gasteiger partial charge in [-0.15, -0.1) is 0 Å². The minimum atomic E-state index is -0.201. The lowest BCUT2D eigenvalue weighted by atomic mass is 10.2. The maximum atomic E-state index is 12.1. The third-order valence-electron chi connectivity index (χ3n) is 3.61. The summed E-state index contributed by atoms with van der Waals surface area (Å²) in [5.41, 5.74) is 0.992. The first-order valence-corrected chi connectivity index (χ1v) is 9.33. The van der Waals surface area contributed by atoms with E-state index in [4.69, 9.17) is 4.74 Å². The average molecular weight is 349 g/mol. The van der Waals surface area contributed by atoms with Crippen molar-refractivity contribution in [3.8, 4) is 11.4 Å². The van der Waals surface area contributed by atoms with E-state index in [0.717, 1.165) is 29.4 Å². The standard InChI is InChI=1S/C16H19N3O2S2/c1-11(15(20)17-10-13-8-5-9-21-13)22-16-18-14(19-23-16)12-6-3-2-4-7-12/h2-4,6-7,11,13H,5,8-10H2,1H3,(H,17,20)/t11-,13+/m0/s1. The number of rotatable bonds is 6. The number of carbonyl (C=O) groups is 1. The Morgan fingerprint density at radius 1 is 1.48 bits per heavy atom. The Bertz CT molecular complexity index is 642. The third-order valence-corrected chi connectivity index (χ3v) is 5.50. The predicted molar refractivity (Wildman–Crippen MR) is 92.6 cm³/mol. The van der Waals surface area contributed by atoms with Gasteiger partial charge in [-0.3, -0.25) is 4.79 Å². The zero-order valence-corrected chi connectivity index (χ0v) is 14.5. The monoisotopic (exact) mass is 349 g/mol. The highest BCUT2D eigenvalue weighted by Crippen LogP contribution is 2.28. The number of hydrogen-bond donors (Lipinski definition) is 1. The van der Waals surface area contributed by atoms with E-state index in [1.807, 2.05) is 37.3 Å². The quantitative estimate of drug-likeness (QED) is 0.812. The topological polar surface area (TPSA) is 64.1 Å². The average Bonchev–Trinajstić information content (AvgIpc) is 3.25. The lowest BCUT2D eigenvalue weighted by Gasteiger charge is -2.13. The van der Waals surface area contributed by atoms with Gasteiger partial charge in [-0.1, -0.05) is 42.1 Å². The van der Waals surface area contributed by atoms with Gasteiger partial charge in [-0.2, -0.15) is 4.37 Å². The van der Waals surface area contributed by atoms with E-state index < -0.39 is 0 Å². The van der Waals surface area contributed by atoms with Crippen LogP contribution in [0, 0.1) is 0 Å². The molecule has 1 saturated heterocycles. The Kier molecular flexibility index (Phi) is 5.64. The van der Waals surface area contributed by atoms with Crippen molar-refractivity contribution in [3.05, 3.63) is 30.3 Å². The summed E-state index contributed by atoms with van der Waals surface area (Å²) < 4.78 is 10.7. The largest absolute Gasteiger partial charge is 0.376 e. The van der Waals surface area contributed by atoms with Gasteiger partial charge in [0.2, 0.25) is 5.91 Å². The molecule has 1 aromatic carbocycles. The van der Waals surface area contributed by atoms with Gasteiger partial charge in [0.15, 0.2) is 10.2 Å². The van der Waals surface area contributed by atoms with E-state index in [-0.39, 0.29) is 17.3 Å². The van der Waals surface area contributed by atoms with Crippen molar-refractivity contribution in [1.82, 2.24) is 14.7 Å². The Morgan fingerprint density at radius 2 is 2.30 bits per heavy atom. The van der Waals surface area contributed by atoms with Crippen LogP contribution in [0.5, 0.6) is 0 Å². The molecule has 3 rings (SSSR count). The highest BCUT2D eigenvalue weighted by Gasteiger charge is 2.20. The molecule has 1 aromatic heterocycles. The van der Waals surface area contributed by atoms with Gasteiger partial charge in [-0.05, 0) is 31.3 Å². The van der Waals surface area contributed by atoms with E-state index in [2.05, 4.69) is 14.7 Å². The molecule has 1 N–H and O–H groups in total. The summed E-state index contributed by atoms with van der Waals surface area (Å²) in [5, 5.41) is 2.75. The zero-order valence-electron chi connectivity index (χ0n) is 12.9. The van der Waals surface area contributed by atoms with E-state index in [1.54, 1.807) is 0 Å². The van der Waals surface area contributed by atoms with Crippen molar-refractivity contribution in [1.29, 1.82) is 0 Å². The molecule has 2 aromatic rings. The molecule has 1 fully saturated rings. The fourth-order valence-electron chi connectivity index (χ4n) is 2.33. The van der Waals surface area contributed by atoms with Crippen LogP contribution in [0.2, 0.25) is 0 Å². The van der Waals surface area contributed by atoms with Crippen LogP contribution in [0.3, 0.4) is 0 Å². The molecule has 0 spiro atoms. The van der Waals surface area contributed by atoms with Gasteiger partial charge in [0.25, 0.3) is 0 Å². The third kappa shape index (κ3) is 4.53. The van der Waals surface area contributed by atoms with Crippen molar-refractivity contribution >= 4 is 29.2 Å². The molecular weight excluding hydrogens is 330 g/mol. The van der Waals surface area contributed by atoms with E-state index >= 15 is 0 Å². The predicted octanol–water partition coefficient (Wildman–Crippen LogP) is 2.98. The highest BCUT2D eigenvalue weighted by molar-refractivity contribution is 8.02. The molecule has 0 saturated carbocycles. The van der Waals surface area contributed by atoms with Gasteiger partial charge in [0.1, 0.15) is 0 Å². The summed E-state index contributed by atoms with van der Waals surface area (Å²) in [7, 11) is 0. The number of carbonyl (C=O) groups excluding carboxylic acids is 1. The van der Waals surface area contributed by atoms with Crippen molar-refractivity contribution in [3.63, 3.8) is 0 Å². The molecule has 0 radical (unpaired) electrons. The molecule has 23 heavy (non-hydrogen) atoms. The number of benzene rings is 1. The van der Waals surface area contributed by atoms with E-state index in [0.29, 0.717) is 12.4 Å². The summed E-state index contributed by atoms with van der Waals surface area (Å²) in [4.78, 5) is 16.7. The fraction of sp³-hybridized carbons (Fsp3) is 0.438. The van der Waals surface area contributed by atoms with Gasteiger partial charge in [0, 0.05) is 18.7 Å². The SMILES string of the molecule is C[C@H](Sc1nc(-c2ccccc2)ns1)C(=O)NC[C@H]1CCCO1. The van der Waals surface area contributed by atoms with Gasteiger partial charge >= 0.3 is 0 Å². The molecule has 2 atom stereocenters. The van der Waals surface area contributed by atoms with Crippen molar-refractivity contribution in [2.45, 2.75) is 35.5 Å². The summed E-state index contributed by atoms with van der Waals surface area (Å²) in [6.45, 7) is 3.28. The molecule has 1 aliphatic rings. The first kappa shape index (κ1) is 16.4. The molecule has 2 heterocycles. The Balaban J connectivity index is 1.52. The molecular formula is C16H19N3O2S2. The second-order valence-corrected chi connectivity index (χ2v) is 7.73. The van der Waals surface area contributed by atoms with Crippen LogP contribution in [0.15, 0.2) is 34.7 Å². The van der Waals surface area contributed by atoms with Crippen LogP contribution in [0.1, 0.15) is 19.8 Å². The van der Waals surface area contributed by atoms with Crippen LogP contribution in [0.4, 0.5) is 0 Å². The summed E-state index contributed by atoms with van der Waals surface area (Å²) in [6, 6.07) is 9.85. The molecule has 7 heteroatoms. The normalized spacial score (nSPS) is 18.7. The molecule has 1 amide bonds. The van der Waals surface area contributed by atoms with Gasteiger partial charge in [-0.25, -0.2) is 4.98 Å². The second-order valence-electron chi connectivity index (χ2n) is 5.39. The molecule has 0 aliphatic carbocycles. The Morgan fingerprint density at radius 3 is 3.04 bits per heavy atom. The van der Waals surface area contributed by atoms with Crippen LogP contribution in [-0.4, -0.2) is 39.8 Å². The number of ether oxygens (including phenoxy) is 1. The molecule has 122 valence electrons. The first-order chi connectivity index (χ1) is 11.2. The molecule has 0 bridgehead atoms. The van der Waals surface area contributed by atoms with Gasteiger partial charge in [0.05, 0.1) is 11.4 Å². The number of thioether (sulfide) groups is 1. The molecule has 5 nitrogen and oxygen atoms in total. The van der Waals surface area contributed by atoms with Crippen LogP contribution < -0.4 is 5.32 Å². The first-order valence-electron chi connectivity index (χ1n) is 7.67. The van der Waals surface area contributed by atoms with Crippen LogP contribution >= 0.6 is 23.3 Å². The van der Waals surface area contributed by atoms with Crippen LogP contribution in [0.25, 0.3) is 11.4 Å². The number of hydrogen-bond acceptors (Lipinski definition) is 6. The smallest absolute Gasteiger partial charge is 0.233 e. The number of amides is 1. The molecule has 0 unspecified atom stereocenters. The highest BCUT2D eigenvalue weighted by atomic mass is 32.2. The minimum absolute atomic E-state index is 0.0157. The second kappa shape index (κ2) is 7.90. The summed E-state index contributed by atoms with van der Waals surface area (Å²) >= 11 is 2.77. The summed E-state index contributed by atoms with van der Waals surface area (Å²) in [6.07, 6.45) is 2.28. The molecule has 1 aliphatic heterocycles.